The minimum atomic E-state index is -2.68. The van der Waals surface area contributed by atoms with Crippen molar-refractivity contribution in [3.05, 3.63) is 0 Å². The lowest BCUT2D eigenvalue weighted by Gasteiger charge is -2.10. The summed E-state index contributed by atoms with van der Waals surface area (Å²) in [6.07, 6.45) is 0. The molecule has 0 nitrogen and oxygen atoms in total. The molecule has 0 bridgehead atoms. The molecule has 0 aliphatic carbocycles. The molecule has 0 rings (SSSR count). The van der Waals surface area contributed by atoms with Crippen LogP contribution in [-0.2, 0) is 0 Å². The molecule has 0 unspecified atom stereocenters. The monoisotopic (exact) mass is 294 g/mol. The fourth-order valence-electron chi connectivity index (χ4n) is 0.161. The van der Waals surface area contributed by atoms with E-state index in [-0.39, 0.29) is 8.55 Å². The summed E-state index contributed by atoms with van der Waals surface area (Å²) in [6.45, 7) is 0. The highest BCUT2D eigenvalue weighted by Gasteiger charge is 2.40. The minimum Gasteiger partial charge on any atom is -0.131 e. The van der Waals surface area contributed by atoms with E-state index in [1.54, 1.807) is 0 Å². The summed E-state index contributed by atoms with van der Waals surface area (Å²) >= 11 is 32.9. The van der Waals surface area contributed by atoms with Gasteiger partial charge in [-0.3, -0.25) is 0 Å². The molecular formula is Cl6Si3. The Morgan fingerprint density at radius 2 is 0.889 bits per heavy atom. The smallest absolute Gasteiger partial charge is 0.131 e. The fraction of sp³-hybridized carbons (Fsp3) is 0. The Balaban J connectivity index is 3.75. The standard InChI is InChI=1S/Cl6Si3/c1-8(2,3)7-9(4,5)6. The minimum absolute atomic E-state index is 0.0787. The summed E-state index contributed by atoms with van der Waals surface area (Å²) in [4.78, 5) is 0. The van der Waals surface area contributed by atoms with Crippen molar-refractivity contribution in [1.29, 1.82) is 0 Å². The molecular weight excluding hydrogens is 297 g/mol. The highest BCUT2D eigenvalue weighted by Crippen LogP contribution is 2.28. The summed E-state index contributed by atoms with van der Waals surface area (Å²) in [5.41, 5.74) is -5.36. The lowest BCUT2D eigenvalue weighted by atomic mass is 26.5. The predicted molar refractivity (Wildman–Crippen MR) is 52.4 cm³/mol. The van der Waals surface area contributed by atoms with E-state index in [4.69, 9.17) is 66.5 Å². The summed E-state index contributed by atoms with van der Waals surface area (Å²) < 4.78 is 0. The van der Waals surface area contributed by atoms with E-state index in [9.17, 15) is 0 Å². The Kier molecular flexibility index (Phi) is 4.90. The van der Waals surface area contributed by atoms with Gasteiger partial charge >= 0.3 is 11.0 Å². The number of hydrogen-bond acceptors (Lipinski definition) is 0. The average molecular weight is 297 g/mol. The first-order valence-corrected chi connectivity index (χ1v) is 14.7. The van der Waals surface area contributed by atoms with Gasteiger partial charge in [-0.05, 0) is 0 Å². The van der Waals surface area contributed by atoms with Crippen LogP contribution >= 0.6 is 66.5 Å². The second kappa shape index (κ2) is 3.87. The molecule has 0 aliphatic rings. The van der Waals surface area contributed by atoms with Gasteiger partial charge in [0.05, 0.1) is 0 Å². The molecule has 0 spiro atoms. The molecule has 0 amide bonds. The highest BCUT2D eigenvalue weighted by atomic mass is 35.9. The van der Waals surface area contributed by atoms with Crippen molar-refractivity contribution < 1.29 is 0 Å². The molecule has 0 atom stereocenters. The molecule has 0 aliphatic heterocycles. The van der Waals surface area contributed by atoms with Crippen LogP contribution in [0.2, 0.25) is 0 Å². The van der Waals surface area contributed by atoms with Crippen molar-refractivity contribution in [3.63, 3.8) is 0 Å². The van der Waals surface area contributed by atoms with Crippen molar-refractivity contribution in [1.82, 2.24) is 0 Å². The van der Waals surface area contributed by atoms with E-state index in [1.165, 1.54) is 0 Å². The largest absolute Gasteiger partial charge is 0.321 e. The second-order valence-corrected chi connectivity index (χ2v) is 30.3. The second-order valence-electron chi connectivity index (χ2n) is 1.12. The maximum atomic E-state index is 5.48. The molecule has 2 radical (unpaired) electrons. The molecule has 54 valence electrons. The van der Waals surface area contributed by atoms with Crippen LogP contribution in [0.4, 0.5) is 0 Å². The number of rotatable bonds is 2. The molecule has 0 saturated carbocycles. The maximum absolute atomic E-state index is 5.48. The molecule has 0 N–H and O–H groups in total. The van der Waals surface area contributed by atoms with Crippen LogP contribution in [-0.4, -0.2) is 19.6 Å². The Morgan fingerprint density at radius 1 is 0.667 bits per heavy atom. The summed E-state index contributed by atoms with van der Waals surface area (Å²) in [5, 5.41) is 0. The van der Waals surface area contributed by atoms with Crippen molar-refractivity contribution in [3.8, 4) is 0 Å². The van der Waals surface area contributed by atoms with E-state index < -0.39 is 11.0 Å². The summed E-state index contributed by atoms with van der Waals surface area (Å²) in [7, 11) is -0.0787. The fourth-order valence-corrected chi connectivity index (χ4v) is 39.1. The van der Waals surface area contributed by atoms with Gasteiger partial charge in [0.25, 0.3) is 0 Å². The van der Waals surface area contributed by atoms with Crippen LogP contribution in [0.25, 0.3) is 0 Å². The first-order valence-electron chi connectivity index (χ1n) is 1.63. The van der Waals surface area contributed by atoms with Crippen molar-refractivity contribution >= 4 is 86.1 Å². The topological polar surface area (TPSA) is 0 Å². The van der Waals surface area contributed by atoms with Crippen LogP contribution < -0.4 is 0 Å². The summed E-state index contributed by atoms with van der Waals surface area (Å²) in [6, 6.07) is 0. The third kappa shape index (κ3) is 10.4. The molecule has 9 heteroatoms. The third-order valence-electron chi connectivity index (χ3n) is 0.283. The van der Waals surface area contributed by atoms with Gasteiger partial charge in [0.2, 0.25) is 0 Å². The Hall–Kier alpha value is 2.39. The van der Waals surface area contributed by atoms with Gasteiger partial charge < -0.3 is 0 Å². The van der Waals surface area contributed by atoms with E-state index >= 15 is 0 Å². The van der Waals surface area contributed by atoms with Gasteiger partial charge in [-0.25, -0.2) is 0 Å². The number of halogens is 6. The van der Waals surface area contributed by atoms with Crippen LogP contribution in [0.15, 0.2) is 0 Å². The van der Waals surface area contributed by atoms with Gasteiger partial charge in [0.1, 0.15) is 8.55 Å². The molecule has 0 aromatic rings. The zero-order valence-electron chi connectivity index (χ0n) is 3.77. The maximum Gasteiger partial charge on any atom is 0.321 e. The first kappa shape index (κ1) is 11.4. The quantitative estimate of drug-likeness (QED) is 0.543. The van der Waals surface area contributed by atoms with Crippen molar-refractivity contribution in [2.45, 2.75) is 0 Å². The van der Waals surface area contributed by atoms with E-state index in [1.807, 2.05) is 0 Å². The van der Waals surface area contributed by atoms with Gasteiger partial charge in [0, 0.05) is 0 Å². The van der Waals surface area contributed by atoms with Crippen LogP contribution in [0, 0.1) is 0 Å². The Labute approximate surface area is 85.3 Å². The Morgan fingerprint density at radius 3 is 0.889 bits per heavy atom. The molecule has 0 fully saturated rings. The van der Waals surface area contributed by atoms with Crippen LogP contribution in [0.3, 0.4) is 0 Å². The summed E-state index contributed by atoms with van der Waals surface area (Å²) in [5.74, 6) is 0. The van der Waals surface area contributed by atoms with Crippen molar-refractivity contribution in [2.24, 2.45) is 0 Å². The normalized spacial score (nSPS) is 14.0. The lowest BCUT2D eigenvalue weighted by molar-refractivity contribution is 3.55. The van der Waals surface area contributed by atoms with E-state index in [0.29, 0.717) is 0 Å². The molecule has 0 saturated heterocycles. The van der Waals surface area contributed by atoms with Gasteiger partial charge in [-0.2, -0.15) is 0 Å². The SMILES string of the molecule is Cl[Si](Cl)(Cl)[Si][Si](Cl)(Cl)Cl. The molecule has 0 heterocycles. The number of hydrogen-bond donors (Lipinski definition) is 0. The zero-order chi connectivity index (χ0) is 7.71. The highest BCUT2D eigenvalue weighted by molar-refractivity contribution is 8.03. The lowest BCUT2D eigenvalue weighted by Crippen LogP contribution is -2.37. The van der Waals surface area contributed by atoms with Crippen LogP contribution in [0.1, 0.15) is 0 Å². The average Bonchev–Trinajstić information content (AvgIpc) is 1.14. The first-order chi connectivity index (χ1) is 3.71. The van der Waals surface area contributed by atoms with Crippen LogP contribution in [0.5, 0.6) is 0 Å². The van der Waals surface area contributed by atoms with E-state index in [0.717, 1.165) is 0 Å². The Bertz CT molecular complexity index is 73.5. The third-order valence-corrected chi connectivity index (χ3v) is 23.0. The van der Waals surface area contributed by atoms with Crippen molar-refractivity contribution in [2.75, 3.05) is 0 Å². The molecule has 9 heavy (non-hydrogen) atoms. The zero-order valence-corrected chi connectivity index (χ0v) is 11.3. The van der Waals surface area contributed by atoms with Gasteiger partial charge in [-0.15, -0.1) is 66.5 Å². The van der Waals surface area contributed by atoms with Gasteiger partial charge in [-0.1, -0.05) is 0 Å². The van der Waals surface area contributed by atoms with E-state index in [2.05, 4.69) is 0 Å². The predicted octanol–water partition coefficient (Wildman–Crippen LogP) is 2.99. The molecule has 0 aromatic carbocycles. The van der Waals surface area contributed by atoms with Gasteiger partial charge in [0.15, 0.2) is 0 Å². The molecule has 0 aromatic heterocycles.